The van der Waals surface area contributed by atoms with E-state index in [2.05, 4.69) is 35.4 Å². The first-order chi connectivity index (χ1) is 12.1. The van der Waals surface area contributed by atoms with Gasteiger partial charge in [-0.1, -0.05) is 26.0 Å². The number of hydrogen-bond donors (Lipinski definition) is 3. The van der Waals surface area contributed by atoms with Gasteiger partial charge in [-0.2, -0.15) is 0 Å². The molecule has 2 amide bonds. The van der Waals surface area contributed by atoms with Crippen LogP contribution in [0.5, 0.6) is 0 Å². The molecule has 0 saturated carbocycles. The molecule has 0 aromatic heterocycles. The summed E-state index contributed by atoms with van der Waals surface area (Å²) in [5, 5.41) is 15.2. The molecule has 0 aliphatic carbocycles. The number of carbonyl (C=O) groups excluding carboxylic acids is 1. The van der Waals surface area contributed by atoms with Gasteiger partial charge in [-0.3, -0.25) is 0 Å². The van der Waals surface area contributed by atoms with Crippen molar-refractivity contribution in [3.05, 3.63) is 24.3 Å². The Hall–Kier alpha value is -1.75. The van der Waals surface area contributed by atoms with Crippen LogP contribution in [-0.2, 0) is 0 Å². The molecule has 25 heavy (non-hydrogen) atoms. The summed E-state index contributed by atoms with van der Waals surface area (Å²) < 4.78 is 0. The Kier molecular flexibility index (Phi) is 8.06. The first kappa shape index (κ1) is 19.6. The Bertz CT molecular complexity index is 527. The van der Waals surface area contributed by atoms with Gasteiger partial charge in [-0.05, 0) is 56.1 Å². The smallest absolute Gasteiger partial charge is 0.319 e. The standard InChI is InChI=1S/C20H33N3O2/c1-16(2)14-17(10-13-24)15-21-20(25)22-18-8-4-5-9-19(18)23-11-6-3-7-12-23/h4-5,8-9,16-17,24H,3,6-7,10-15H2,1-2H3,(H2,21,22,25). The average Bonchev–Trinajstić information content (AvgIpc) is 2.61. The van der Waals surface area contributed by atoms with Crippen molar-refractivity contribution in [2.24, 2.45) is 11.8 Å². The van der Waals surface area contributed by atoms with E-state index in [-0.39, 0.29) is 12.6 Å². The van der Waals surface area contributed by atoms with Gasteiger partial charge in [-0.25, -0.2) is 4.79 Å². The third kappa shape index (κ3) is 6.58. The van der Waals surface area contributed by atoms with E-state index in [1.54, 1.807) is 0 Å². The van der Waals surface area contributed by atoms with Crippen molar-refractivity contribution in [1.29, 1.82) is 0 Å². The Morgan fingerprint density at radius 1 is 1.20 bits per heavy atom. The zero-order valence-corrected chi connectivity index (χ0v) is 15.6. The molecule has 2 rings (SSSR count). The fourth-order valence-corrected chi connectivity index (χ4v) is 3.55. The van der Waals surface area contributed by atoms with Crippen molar-refractivity contribution in [2.45, 2.75) is 46.0 Å². The highest BCUT2D eigenvalue weighted by Gasteiger charge is 2.16. The van der Waals surface area contributed by atoms with E-state index in [4.69, 9.17) is 0 Å². The summed E-state index contributed by atoms with van der Waals surface area (Å²) in [5.74, 6) is 0.870. The van der Waals surface area contributed by atoms with Gasteiger partial charge < -0.3 is 20.6 Å². The number of nitrogens with one attached hydrogen (secondary N) is 2. The lowest BCUT2D eigenvalue weighted by molar-refractivity contribution is 0.231. The highest BCUT2D eigenvalue weighted by atomic mass is 16.3. The SMILES string of the molecule is CC(C)CC(CCO)CNC(=O)Nc1ccccc1N1CCCCC1. The monoisotopic (exact) mass is 347 g/mol. The molecule has 1 aromatic carbocycles. The van der Waals surface area contributed by atoms with Gasteiger partial charge in [0.2, 0.25) is 0 Å². The van der Waals surface area contributed by atoms with Crippen molar-refractivity contribution in [3.63, 3.8) is 0 Å². The number of anilines is 2. The number of carbonyl (C=O) groups is 1. The van der Waals surface area contributed by atoms with Crippen LogP contribution < -0.4 is 15.5 Å². The number of amides is 2. The topological polar surface area (TPSA) is 64.6 Å². The van der Waals surface area contributed by atoms with Crippen LogP contribution in [-0.4, -0.2) is 37.4 Å². The normalized spacial score (nSPS) is 15.9. The van der Waals surface area contributed by atoms with Crippen LogP contribution >= 0.6 is 0 Å². The number of aliphatic hydroxyl groups excluding tert-OH is 1. The summed E-state index contributed by atoms with van der Waals surface area (Å²) in [4.78, 5) is 14.7. The lowest BCUT2D eigenvalue weighted by Crippen LogP contribution is -2.35. The van der Waals surface area contributed by atoms with E-state index in [0.717, 1.165) is 37.3 Å². The molecule has 3 N–H and O–H groups in total. The first-order valence-electron chi connectivity index (χ1n) is 9.60. The van der Waals surface area contributed by atoms with Crippen LogP contribution in [0.4, 0.5) is 16.2 Å². The highest BCUT2D eigenvalue weighted by molar-refractivity contribution is 5.93. The van der Waals surface area contributed by atoms with Gasteiger partial charge in [0.05, 0.1) is 11.4 Å². The molecule has 0 bridgehead atoms. The summed E-state index contributed by atoms with van der Waals surface area (Å²) >= 11 is 0. The Labute approximate surface area is 151 Å². The molecule has 1 atom stereocenters. The zero-order valence-electron chi connectivity index (χ0n) is 15.6. The maximum absolute atomic E-state index is 12.3. The number of piperidine rings is 1. The maximum atomic E-state index is 12.3. The molecular weight excluding hydrogens is 314 g/mol. The molecule has 1 heterocycles. The van der Waals surface area contributed by atoms with Crippen molar-refractivity contribution < 1.29 is 9.90 Å². The third-order valence-corrected chi connectivity index (χ3v) is 4.74. The summed E-state index contributed by atoms with van der Waals surface area (Å²) in [7, 11) is 0. The minimum atomic E-state index is -0.170. The second kappa shape index (κ2) is 10.3. The van der Waals surface area contributed by atoms with Crippen LogP contribution in [0.25, 0.3) is 0 Å². The van der Waals surface area contributed by atoms with Crippen LogP contribution in [0.15, 0.2) is 24.3 Å². The van der Waals surface area contributed by atoms with Crippen LogP contribution in [0.1, 0.15) is 46.0 Å². The molecule has 140 valence electrons. The molecule has 1 aromatic rings. The van der Waals surface area contributed by atoms with Crippen LogP contribution in [0.2, 0.25) is 0 Å². The van der Waals surface area contributed by atoms with Crippen molar-refractivity contribution in [3.8, 4) is 0 Å². The van der Waals surface area contributed by atoms with Gasteiger partial charge in [0.15, 0.2) is 0 Å². The molecule has 1 unspecified atom stereocenters. The Morgan fingerprint density at radius 3 is 2.60 bits per heavy atom. The minimum Gasteiger partial charge on any atom is -0.396 e. The molecule has 1 aliphatic heterocycles. The molecule has 1 fully saturated rings. The number of benzene rings is 1. The molecular formula is C20H33N3O2. The van der Waals surface area contributed by atoms with Gasteiger partial charge >= 0.3 is 6.03 Å². The van der Waals surface area contributed by atoms with E-state index in [1.807, 2.05) is 18.2 Å². The molecule has 5 heteroatoms. The second-order valence-corrected chi connectivity index (χ2v) is 7.41. The lowest BCUT2D eigenvalue weighted by Gasteiger charge is -2.30. The number of para-hydroxylation sites is 2. The number of nitrogens with zero attached hydrogens (tertiary/aromatic N) is 1. The molecule has 1 saturated heterocycles. The first-order valence-corrected chi connectivity index (χ1v) is 9.60. The van der Waals surface area contributed by atoms with Crippen molar-refractivity contribution >= 4 is 17.4 Å². The number of aliphatic hydroxyl groups is 1. The van der Waals surface area contributed by atoms with E-state index >= 15 is 0 Å². The van der Waals surface area contributed by atoms with Crippen molar-refractivity contribution in [2.75, 3.05) is 36.5 Å². The summed E-state index contributed by atoms with van der Waals surface area (Å²) in [6, 6.07) is 7.84. The van der Waals surface area contributed by atoms with Gasteiger partial charge in [0, 0.05) is 26.2 Å². The Morgan fingerprint density at radius 2 is 1.92 bits per heavy atom. The fourth-order valence-electron chi connectivity index (χ4n) is 3.55. The van der Waals surface area contributed by atoms with E-state index in [1.165, 1.54) is 19.3 Å². The summed E-state index contributed by atoms with van der Waals surface area (Å²) in [5.41, 5.74) is 1.97. The molecule has 1 aliphatic rings. The fraction of sp³-hybridized carbons (Fsp3) is 0.650. The quantitative estimate of drug-likeness (QED) is 0.669. The van der Waals surface area contributed by atoms with E-state index in [9.17, 15) is 9.90 Å². The number of rotatable bonds is 8. The number of urea groups is 1. The van der Waals surface area contributed by atoms with E-state index in [0.29, 0.717) is 18.4 Å². The minimum absolute atomic E-state index is 0.165. The van der Waals surface area contributed by atoms with E-state index < -0.39 is 0 Å². The van der Waals surface area contributed by atoms with Crippen LogP contribution in [0.3, 0.4) is 0 Å². The second-order valence-electron chi connectivity index (χ2n) is 7.41. The van der Waals surface area contributed by atoms with Gasteiger partial charge in [-0.15, -0.1) is 0 Å². The summed E-state index contributed by atoms with van der Waals surface area (Å²) in [6.07, 6.45) is 5.43. The number of hydrogen-bond acceptors (Lipinski definition) is 3. The molecule has 0 spiro atoms. The highest BCUT2D eigenvalue weighted by Crippen LogP contribution is 2.28. The van der Waals surface area contributed by atoms with Crippen molar-refractivity contribution in [1.82, 2.24) is 5.32 Å². The zero-order chi connectivity index (χ0) is 18.1. The average molecular weight is 348 g/mol. The molecule has 5 nitrogen and oxygen atoms in total. The lowest BCUT2D eigenvalue weighted by atomic mass is 9.94. The van der Waals surface area contributed by atoms with Gasteiger partial charge in [0.1, 0.15) is 0 Å². The predicted octanol–water partition coefficient (Wildman–Crippen LogP) is 3.84. The predicted molar refractivity (Wildman–Crippen MR) is 104 cm³/mol. The third-order valence-electron chi connectivity index (χ3n) is 4.74. The maximum Gasteiger partial charge on any atom is 0.319 e. The summed E-state index contributed by atoms with van der Waals surface area (Å²) in [6.45, 7) is 7.19. The van der Waals surface area contributed by atoms with Crippen LogP contribution in [0, 0.1) is 11.8 Å². The Balaban J connectivity index is 1.91. The van der Waals surface area contributed by atoms with Gasteiger partial charge in [0.25, 0.3) is 0 Å². The largest absolute Gasteiger partial charge is 0.396 e. The molecule has 0 radical (unpaired) electrons.